The van der Waals surface area contributed by atoms with E-state index in [1.165, 1.54) is 18.3 Å². The molecule has 0 unspecified atom stereocenters. The van der Waals surface area contributed by atoms with Gasteiger partial charge in [-0.2, -0.15) is 0 Å². The number of hydrogen-bond acceptors (Lipinski definition) is 4. The molecule has 0 aliphatic rings. The van der Waals surface area contributed by atoms with E-state index in [1.807, 2.05) is 0 Å². The third-order valence-electron chi connectivity index (χ3n) is 3.52. The number of rotatable bonds is 4. The fourth-order valence-electron chi connectivity index (χ4n) is 2.30. The lowest BCUT2D eigenvalue weighted by atomic mass is 10.1. The molecule has 0 saturated carbocycles. The Hall–Kier alpha value is -2.54. The van der Waals surface area contributed by atoms with Gasteiger partial charge in [0.25, 0.3) is 5.91 Å². The summed E-state index contributed by atoms with van der Waals surface area (Å²) in [7, 11) is 0. The van der Waals surface area contributed by atoms with Crippen LogP contribution in [0, 0.1) is 5.82 Å². The van der Waals surface area contributed by atoms with Crippen molar-refractivity contribution in [3.05, 3.63) is 64.3 Å². The number of aromatic nitrogens is 2. The van der Waals surface area contributed by atoms with Crippen LogP contribution in [-0.2, 0) is 6.42 Å². The Kier molecular flexibility index (Phi) is 4.71. The number of benzene rings is 1. The van der Waals surface area contributed by atoms with Gasteiger partial charge < -0.3 is 10.4 Å². The van der Waals surface area contributed by atoms with Crippen molar-refractivity contribution in [2.45, 2.75) is 6.42 Å². The molecule has 0 radical (unpaired) electrons. The molecule has 0 fully saturated rings. The highest BCUT2D eigenvalue weighted by molar-refractivity contribution is 9.10. The minimum absolute atomic E-state index is 0.0906. The number of carbonyl (C=O) groups is 1. The number of aromatic hydroxyl groups is 1. The van der Waals surface area contributed by atoms with E-state index >= 15 is 0 Å². The summed E-state index contributed by atoms with van der Waals surface area (Å²) in [4.78, 5) is 20.5. The van der Waals surface area contributed by atoms with Crippen molar-refractivity contribution < 1.29 is 14.3 Å². The first-order chi connectivity index (χ1) is 11.6. The highest BCUT2D eigenvalue weighted by atomic mass is 79.9. The summed E-state index contributed by atoms with van der Waals surface area (Å²) in [5.74, 6) is -1.05. The molecule has 122 valence electrons. The maximum absolute atomic E-state index is 12.9. The van der Waals surface area contributed by atoms with Crippen LogP contribution in [0.4, 0.5) is 4.39 Å². The van der Waals surface area contributed by atoms with Crippen LogP contribution in [0.3, 0.4) is 0 Å². The van der Waals surface area contributed by atoms with Crippen LogP contribution in [0.1, 0.15) is 16.1 Å². The smallest absolute Gasteiger partial charge is 0.273 e. The molecule has 0 atom stereocenters. The molecule has 0 saturated heterocycles. The zero-order valence-electron chi connectivity index (χ0n) is 12.5. The van der Waals surface area contributed by atoms with Gasteiger partial charge in [0.15, 0.2) is 11.4 Å². The molecular weight excluding hydrogens is 377 g/mol. The van der Waals surface area contributed by atoms with Crippen LogP contribution in [0.15, 0.2) is 47.2 Å². The second-order valence-corrected chi connectivity index (χ2v) is 5.88. The van der Waals surface area contributed by atoms with Crippen molar-refractivity contribution in [1.29, 1.82) is 0 Å². The van der Waals surface area contributed by atoms with Gasteiger partial charge in [-0.1, -0.05) is 12.1 Å². The fourth-order valence-corrected chi connectivity index (χ4v) is 2.79. The first kappa shape index (κ1) is 16.3. The lowest BCUT2D eigenvalue weighted by molar-refractivity contribution is 0.0946. The van der Waals surface area contributed by atoms with Crippen LogP contribution < -0.4 is 5.32 Å². The van der Waals surface area contributed by atoms with Gasteiger partial charge in [-0.25, -0.2) is 9.37 Å². The molecule has 5 nitrogen and oxygen atoms in total. The molecule has 1 amide bonds. The zero-order valence-corrected chi connectivity index (χ0v) is 14.0. The zero-order chi connectivity index (χ0) is 17.1. The number of halogens is 2. The number of amides is 1. The maximum Gasteiger partial charge on any atom is 0.273 e. The predicted octanol–water partition coefficient (Wildman–Crippen LogP) is 3.21. The Labute approximate surface area is 145 Å². The van der Waals surface area contributed by atoms with E-state index in [2.05, 4.69) is 31.2 Å². The topological polar surface area (TPSA) is 75.1 Å². The van der Waals surface area contributed by atoms with Crippen molar-refractivity contribution in [2.75, 3.05) is 6.54 Å². The summed E-state index contributed by atoms with van der Waals surface area (Å²) in [5.41, 5.74) is 1.12. The van der Waals surface area contributed by atoms with Crippen LogP contribution in [0.2, 0.25) is 0 Å². The third-order valence-corrected chi connectivity index (χ3v) is 4.12. The summed E-state index contributed by atoms with van der Waals surface area (Å²) in [5, 5.41) is 13.6. The molecule has 3 aromatic rings. The third kappa shape index (κ3) is 3.35. The highest BCUT2D eigenvalue weighted by Gasteiger charge is 2.18. The Bertz CT molecular complexity index is 900. The number of pyridine rings is 2. The summed E-state index contributed by atoms with van der Waals surface area (Å²) in [6, 6.07) is 9.53. The SMILES string of the molecule is O=C(NCCc1ccc(F)cc1)c1nc(Br)c2cccnc2c1O. The van der Waals surface area contributed by atoms with Crippen molar-refractivity contribution in [3.8, 4) is 5.75 Å². The molecule has 2 heterocycles. The van der Waals surface area contributed by atoms with Crippen LogP contribution >= 0.6 is 15.9 Å². The van der Waals surface area contributed by atoms with Gasteiger partial charge in [-0.15, -0.1) is 0 Å². The number of carbonyl (C=O) groups excluding carboxylic acids is 1. The second kappa shape index (κ2) is 6.92. The molecule has 0 aliphatic carbocycles. The minimum atomic E-state index is -0.497. The quantitative estimate of drug-likeness (QED) is 0.671. The standard InChI is InChI=1S/C17H13BrFN3O2/c18-16-12-2-1-8-20-13(12)15(23)14(22-16)17(24)21-9-7-10-3-5-11(19)6-4-10/h1-6,8,23H,7,9H2,(H,21,24). The number of hydrogen-bond donors (Lipinski definition) is 2. The van der Waals surface area contributed by atoms with Crippen LogP contribution in [0.5, 0.6) is 5.75 Å². The molecule has 24 heavy (non-hydrogen) atoms. The average molecular weight is 390 g/mol. The molecular formula is C17H13BrFN3O2. The van der Waals surface area contributed by atoms with E-state index in [9.17, 15) is 14.3 Å². The number of nitrogens with one attached hydrogen (secondary N) is 1. The van der Waals surface area contributed by atoms with E-state index in [4.69, 9.17) is 0 Å². The second-order valence-electron chi connectivity index (χ2n) is 5.13. The van der Waals surface area contributed by atoms with E-state index in [0.29, 0.717) is 28.5 Å². The molecule has 2 N–H and O–H groups in total. The number of nitrogens with zero attached hydrogens (tertiary/aromatic N) is 2. The van der Waals surface area contributed by atoms with Gasteiger partial charge >= 0.3 is 0 Å². The predicted molar refractivity (Wildman–Crippen MR) is 91.3 cm³/mol. The maximum atomic E-state index is 12.9. The molecule has 7 heteroatoms. The Morgan fingerprint density at radius 1 is 1.25 bits per heavy atom. The molecule has 2 aromatic heterocycles. The highest BCUT2D eigenvalue weighted by Crippen LogP contribution is 2.30. The molecule has 0 bridgehead atoms. The molecule has 3 rings (SSSR count). The van der Waals surface area contributed by atoms with Gasteiger partial charge in [0.1, 0.15) is 15.9 Å². The summed E-state index contributed by atoms with van der Waals surface area (Å²) in [6.07, 6.45) is 2.07. The summed E-state index contributed by atoms with van der Waals surface area (Å²) >= 11 is 3.28. The van der Waals surface area contributed by atoms with Crippen LogP contribution in [-0.4, -0.2) is 27.5 Å². The largest absolute Gasteiger partial charge is 0.504 e. The van der Waals surface area contributed by atoms with Crippen molar-refractivity contribution in [1.82, 2.24) is 15.3 Å². The molecule has 1 aromatic carbocycles. The fraction of sp³-hybridized carbons (Fsp3) is 0.118. The van der Waals surface area contributed by atoms with Crippen molar-refractivity contribution in [3.63, 3.8) is 0 Å². The monoisotopic (exact) mass is 389 g/mol. The van der Waals surface area contributed by atoms with E-state index in [1.54, 1.807) is 24.3 Å². The van der Waals surface area contributed by atoms with Crippen molar-refractivity contribution in [2.24, 2.45) is 0 Å². The Morgan fingerprint density at radius 3 is 2.75 bits per heavy atom. The van der Waals surface area contributed by atoms with E-state index < -0.39 is 5.91 Å². The Morgan fingerprint density at radius 2 is 2.00 bits per heavy atom. The summed E-state index contributed by atoms with van der Waals surface area (Å²) in [6.45, 7) is 0.337. The van der Waals surface area contributed by atoms with E-state index in [0.717, 1.165) is 5.56 Å². The summed E-state index contributed by atoms with van der Waals surface area (Å²) < 4.78 is 13.3. The van der Waals surface area contributed by atoms with Gasteiger partial charge in [-0.05, 0) is 52.2 Å². The first-order valence-electron chi connectivity index (χ1n) is 7.22. The molecule has 0 aliphatic heterocycles. The van der Waals surface area contributed by atoms with Crippen molar-refractivity contribution >= 4 is 32.7 Å². The lowest BCUT2D eigenvalue weighted by Crippen LogP contribution is -2.26. The van der Waals surface area contributed by atoms with Gasteiger partial charge in [0.05, 0.1) is 0 Å². The average Bonchev–Trinajstić information content (AvgIpc) is 2.60. The van der Waals surface area contributed by atoms with Gasteiger partial charge in [0.2, 0.25) is 0 Å². The first-order valence-corrected chi connectivity index (χ1v) is 8.01. The Balaban J connectivity index is 1.74. The minimum Gasteiger partial charge on any atom is -0.504 e. The van der Waals surface area contributed by atoms with Gasteiger partial charge in [0, 0.05) is 18.1 Å². The number of fused-ring (bicyclic) bond motifs is 1. The normalized spacial score (nSPS) is 10.8. The van der Waals surface area contributed by atoms with E-state index in [-0.39, 0.29) is 17.3 Å². The lowest BCUT2D eigenvalue weighted by Gasteiger charge is -2.09. The van der Waals surface area contributed by atoms with Gasteiger partial charge in [-0.3, -0.25) is 9.78 Å². The molecule has 0 spiro atoms. The van der Waals surface area contributed by atoms with Crippen LogP contribution in [0.25, 0.3) is 10.9 Å².